The van der Waals surface area contributed by atoms with Crippen molar-refractivity contribution in [1.29, 1.82) is 0 Å². The van der Waals surface area contributed by atoms with E-state index in [9.17, 15) is 0 Å². The average molecular weight is 365 g/mol. The first-order valence-corrected chi connectivity index (χ1v) is 9.74. The summed E-state index contributed by atoms with van der Waals surface area (Å²) in [4.78, 5) is 0. The minimum Gasteiger partial charge on any atom is -0.489 e. The van der Waals surface area contributed by atoms with Crippen molar-refractivity contribution in [2.45, 2.75) is 70.2 Å². The summed E-state index contributed by atoms with van der Waals surface area (Å²) in [7, 11) is 0. The molecule has 1 aliphatic carbocycles. The number of fused-ring (bicyclic) bond motifs is 1. The Bertz CT molecular complexity index is 624. The van der Waals surface area contributed by atoms with Crippen molar-refractivity contribution in [2.24, 2.45) is 5.73 Å². The van der Waals surface area contributed by atoms with Crippen LogP contribution in [0.5, 0.6) is 5.75 Å². The fraction of sp³-hybridized carbons (Fsp3) is 0.600. The highest BCUT2D eigenvalue weighted by Crippen LogP contribution is 2.38. The molecule has 1 aromatic carbocycles. The van der Waals surface area contributed by atoms with E-state index in [1.807, 2.05) is 19.2 Å². The molecule has 25 heavy (non-hydrogen) atoms. The molecule has 0 radical (unpaired) electrons. The van der Waals surface area contributed by atoms with E-state index in [4.69, 9.17) is 26.8 Å². The van der Waals surface area contributed by atoms with Crippen LogP contribution < -0.4 is 15.8 Å². The van der Waals surface area contributed by atoms with Gasteiger partial charge in [0.05, 0.1) is 16.7 Å². The third-order valence-electron chi connectivity index (χ3n) is 5.49. The van der Waals surface area contributed by atoms with Crippen LogP contribution in [0.25, 0.3) is 6.08 Å². The molecule has 0 amide bonds. The first-order valence-electron chi connectivity index (χ1n) is 9.36. The van der Waals surface area contributed by atoms with E-state index in [1.54, 1.807) is 0 Å². The molecule has 0 spiro atoms. The maximum Gasteiger partial charge on any atom is 0.138 e. The largest absolute Gasteiger partial charge is 0.489 e. The van der Waals surface area contributed by atoms with Gasteiger partial charge in [-0.2, -0.15) is 0 Å². The Morgan fingerprint density at radius 1 is 1.32 bits per heavy atom. The van der Waals surface area contributed by atoms with Gasteiger partial charge in [0.15, 0.2) is 0 Å². The van der Waals surface area contributed by atoms with Crippen molar-refractivity contribution >= 4 is 17.7 Å². The second-order valence-electron chi connectivity index (χ2n) is 7.03. The third kappa shape index (κ3) is 3.97. The molecule has 2 aliphatic rings. The Hall–Kier alpha value is -1.23. The molecular weight excluding hydrogens is 336 g/mol. The Labute approximate surface area is 155 Å². The number of nitrogens with two attached hydrogens (primary N) is 1. The molecule has 1 aromatic rings. The van der Waals surface area contributed by atoms with Crippen LogP contribution in [-0.4, -0.2) is 24.4 Å². The van der Waals surface area contributed by atoms with Gasteiger partial charge in [0.2, 0.25) is 0 Å². The summed E-state index contributed by atoms with van der Waals surface area (Å²) in [6.45, 7) is 5.68. The second-order valence-corrected chi connectivity index (χ2v) is 7.43. The summed E-state index contributed by atoms with van der Waals surface area (Å²) in [5.41, 5.74) is 8.54. The van der Waals surface area contributed by atoms with Gasteiger partial charge < -0.3 is 20.5 Å². The summed E-state index contributed by atoms with van der Waals surface area (Å²) in [5.74, 6) is 0.778. The summed E-state index contributed by atoms with van der Waals surface area (Å²) >= 11 is 6.44. The maximum atomic E-state index is 6.44. The predicted octanol–water partition coefficient (Wildman–Crippen LogP) is 4.25. The summed E-state index contributed by atoms with van der Waals surface area (Å²) < 4.78 is 12.4. The standard InChI is InChI=1S/C20H29ClN2O2/c1-3-19(22)20(24-4-2)8-5-16(6-9-20)25-18-12-14-7-10-23-13-15(14)11-17(18)21/h7,10-12,16,19,23H,3-6,8-9,13,22H2,1-2H3. The number of hydrogen-bond donors (Lipinski definition) is 2. The summed E-state index contributed by atoms with van der Waals surface area (Å²) in [6.07, 6.45) is 8.88. The molecule has 0 bridgehead atoms. The van der Waals surface area contributed by atoms with E-state index < -0.39 is 0 Å². The number of benzene rings is 1. The lowest BCUT2D eigenvalue weighted by Crippen LogP contribution is -2.53. The van der Waals surface area contributed by atoms with Gasteiger partial charge in [-0.05, 0) is 74.6 Å². The smallest absolute Gasteiger partial charge is 0.138 e. The molecular formula is C20H29ClN2O2. The Balaban J connectivity index is 1.67. The molecule has 138 valence electrons. The van der Waals surface area contributed by atoms with Crippen LogP contribution in [0.3, 0.4) is 0 Å². The van der Waals surface area contributed by atoms with E-state index in [2.05, 4.69) is 24.4 Å². The zero-order valence-electron chi connectivity index (χ0n) is 15.2. The normalized spacial score (nSPS) is 26.6. The maximum absolute atomic E-state index is 6.44. The molecule has 1 unspecified atom stereocenters. The first-order chi connectivity index (χ1) is 12.1. The van der Waals surface area contributed by atoms with Gasteiger partial charge in [-0.3, -0.25) is 0 Å². The van der Waals surface area contributed by atoms with Crippen molar-refractivity contribution in [3.8, 4) is 5.75 Å². The quantitative estimate of drug-likeness (QED) is 0.792. The second kappa shape index (κ2) is 7.98. The minimum atomic E-state index is -0.197. The minimum absolute atomic E-state index is 0.0818. The molecule has 0 aromatic heterocycles. The van der Waals surface area contributed by atoms with E-state index >= 15 is 0 Å². The molecule has 5 heteroatoms. The molecule has 1 aliphatic heterocycles. The lowest BCUT2D eigenvalue weighted by molar-refractivity contribution is -0.0971. The van der Waals surface area contributed by atoms with Gasteiger partial charge in [0, 0.05) is 19.2 Å². The Morgan fingerprint density at radius 2 is 2.08 bits per heavy atom. The number of nitrogens with one attached hydrogen (secondary N) is 1. The first kappa shape index (κ1) is 18.6. The van der Waals surface area contributed by atoms with Crippen LogP contribution in [0, 0.1) is 0 Å². The number of rotatable bonds is 6. The van der Waals surface area contributed by atoms with E-state index in [1.165, 1.54) is 11.1 Å². The van der Waals surface area contributed by atoms with Crippen LogP contribution >= 0.6 is 11.6 Å². The van der Waals surface area contributed by atoms with E-state index in [0.717, 1.165) is 44.4 Å². The monoisotopic (exact) mass is 364 g/mol. The van der Waals surface area contributed by atoms with Crippen molar-refractivity contribution in [2.75, 3.05) is 6.61 Å². The molecule has 3 rings (SSSR count). The van der Waals surface area contributed by atoms with E-state index in [0.29, 0.717) is 11.6 Å². The Kier molecular flexibility index (Phi) is 5.92. The van der Waals surface area contributed by atoms with Crippen molar-refractivity contribution < 1.29 is 9.47 Å². The SMILES string of the molecule is CCOC1(C(N)CC)CCC(Oc2cc3c(cc2Cl)CNC=C3)CC1. The van der Waals surface area contributed by atoms with Crippen LogP contribution in [0.1, 0.15) is 57.1 Å². The molecule has 1 saturated carbocycles. The van der Waals surface area contributed by atoms with Gasteiger partial charge in [-0.25, -0.2) is 0 Å². The van der Waals surface area contributed by atoms with Gasteiger partial charge in [-0.15, -0.1) is 0 Å². The summed E-state index contributed by atoms with van der Waals surface area (Å²) in [6, 6.07) is 4.14. The molecule has 1 atom stereocenters. The van der Waals surface area contributed by atoms with Crippen molar-refractivity contribution in [1.82, 2.24) is 5.32 Å². The fourth-order valence-corrected chi connectivity index (χ4v) is 4.22. The summed E-state index contributed by atoms with van der Waals surface area (Å²) in [5, 5.41) is 3.88. The highest BCUT2D eigenvalue weighted by molar-refractivity contribution is 6.32. The van der Waals surface area contributed by atoms with Crippen molar-refractivity contribution in [3.05, 3.63) is 34.5 Å². The average Bonchev–Trinajstić information content (AvgIpc) is 2.63. The van der Waals surface area contributed by atoms with Crippen LogP contribution in [0.4, 0.5) is 0 Å². The van der Waals surface area contributed by atoms with Gasteiger partial charge in [0.1, 0.15) is 5.75 Å². The van der Waals surface area contributed by atoms with Crippen LogP contribution in [0.2, 0.25) is 5.02 Å². The highest BCUT2D eigenvalue weighted by atomic mass is 35.5. The van der Waals surface area contributed by atoms with Crippen molar-refractivity contribution in [3.63, 3.8) is 0 Å². The van der Waals surface area contributed by atoms with Crippen LogP contribution in [-0.2, 0) is 11.3 Å². The van der Waals surface area contributed by atoms with Gasteiger partial charge in [0.25, 0.3) is 0 Å². The fourth-order valence-electron chi connectivity index (χ4n) is 3.99. The van der Waals surface area contributed by atoms with Crippen LogP contribution in [0.15, 0.2) is 18.3 Å². The number of ether oxygens (including phenoxy) is 2. The molecule has 3 N–H and O–H groups in total. The van der Waals surface area contributed by atoms with E-state index in [-0.39, 0.29) is 17.7 Å². The lowest BCUT2D eigenvalue weighted by Gasteiger charge is -2.43. The topological polar surface area (TPSA) is 56.5 Å². The molecule has 4 nitrogen and oxygen atoms in total. The third-order valence-corrected chi connectivity index (χ3v) is 5.78. The number of hydrogen-bond acceptors (Lipinski definition) is 4. The van der Waals surface area contributed by atoms with Gasteiger partial charge in [-0.1, -0.05) is 18.5 Å². The number of halogens is 1. The predicted molar refractivity (Wildman–Crippen MR) is 103 cm³/mol. The molecule has 0 saturated heterocycles. The lowest BCUT2D eigenvalue weighted by atomic mass is 9.77. The zero-order chi connectivity index (χ0) is 17.9. The zero-order valence-corrected chi connectivity index (χ0v) is 15.9. The van der Waals surface area contributed by atoms with Gasteiger partial charge >= 0.3 is 0 Å². The molecule has 1 heterocycles. The Morgan fingerprint density at radius 3 is 2.76 bits per heavy atom. The molecule has 1 fully saturated rings. The highest BCUT2D eigenvalue weighted by Gasteiger charge is 2.41.